The van der Waals surface area contributed by atoms with Crippen molar-refractivity contribution in [2.24, 2.45) is 11.8 Å². The number of rotatable bonds is 3. The highest BCUT2D eigenvalue weighted by Gasteiger charge is 2.60. The van der Waals surface area contributed by atoms with Crippen LogP contribution in [0.25, 0.3) is 5.57 Å². The van der Waals surface area contributed by atoms with Gasteiger partial charge < -0.3 is 10.6 Å². The Morgan fingerprint density at radius 3 is 2.52 bits per heavy atom. The number of pyridine rings is 1. The quantitative estimate of drug-likeness (QED) is 0.745. The van der Waals surface area contributed by atoms with Crippen molar-refractivity contribution in [3.05, 3.63) is 41.4 Å². The number of anilines is 1. The van der Waals surface area contributed by atoms with Gasteiger partial charge in [-0.3, -0.25) is 0 Å². The van der Waals surface area contributed by atoms with Crippen LogP contribution < -0.4 is 5.73 Å². The minimum Gasteiger partial charge on any atom is -0.383 e. The fraction of sp³-hybridized carbons (Fsp3) is 0.571. The standard InChI is InChI=1S/C21H26F3N3/c1-13(2)18-6-4-3-5-15(12-27(18)20-8-14(9-20)10-20)16-7-17(21(22,23)24)19(25)26-11-16/h6-7,11-14H,3-5,8-10H2,1-2H3,(H2,25,26)/b15-12+,18-6-. The molecule has 5 rings (SSSR count). The number of nitrogens with zero attached hydrogens (tertiary/aromatic N) is 2. The Labute approximate surface area is 158 Å². The fourth-order valence-corrected chi connectivity index (χ4v) is 4.68. The van der Waals surface area contributed by atoms with Crippen molar-refractivity contribution in [1.29, 1.82) is 0 Å². The molecule has 6 heteroatoms. The van der Waals surface area contributed by atoms with Crippen LogP contribution in [0.3, 0.4) is 0 Å². The maximum atomic E-state index is 13.3. The largest absolute Gasteiger partial charge is 0.419 e. The van der Waals surface area contributed by atoms with E-state index in [4.69, 9.17) is 5.73 Å². The molecule has 1 aromatic rings. The van der Waals surface area contributed by atoms with Gasteiger partial charge in [-0.05, 0) is 67.6 Å². The first-order chi connectivity index (χ1) is 12.7. The van der Waals surface area contributed by atoms with E-state index in [1.165, 1.54) is 31.2 Å². The maximum Gasteiger partial charge on any atom is 0.419 e. The Bertz CT molecular complexity index is 790. The number of hydrogen-bond donors (Lipinski definition) is 1. The first kappa shape index (κ1) is 18.4. The van der Waals surface area contributed by atoms with Crippen molar-refractivity contribution in [2.45, 2.75) is 64.1 Å². The van der Waals surface area contributed by atoms with Crippen molar-refractivity contribution < 1.29 is 13.2 Å². The van der Waals surface area contributed by atoms with Gasteiger partial charge in [0.1, 0.15) is 5.82 Å². The number of hydrogen-bond acceptors (Lipinski definition) is 3. The van der Waals surface area contributed by atoms with E-state index < -0.39 is 17.6 Å². The number of aromatic nitrogens is 1. The summed E-state index contributed by atoms with van der Waals surface area (Å²) < 4.78 is 39.9. The molecule has 0 atom stereocenters. The summed E-state index contributed by atoms with van der Waals surface area (Å²) in [5.74, 6) is 0.748. The van der Waals surface area contributed by atoms with E-state index in [0.717, 1.165) is 36.8 Å². The van der Waals surface area contributed by atoms with Gasteiger partial charge in [0.25, 0.3) is 0 Å². The smallest absolute Gasteiger partial charge is 0.383 e. The van der Waals surface area contributed by atoms with Crippen LogP contribution in [0.15, 0.2) is 30.2 Å². The highest BCUT2D eigenvalue weighted by molar-refractivity contribution is 5.67. The first-order valence-corrected chi connectivity index (χ1v) is 9.73. The number of allylic oxidation sites excluding steroid dienone is 3. The monoisotopic (exact) mass is 377 g/mol. The van der Waals surface area contributed by atoms with E-state index in [0.29, 0.717) is 11.5 Å². The number of alkyl halides is 3. The van der Waals surface area contributed by atoms with Crippen LogP contribution in [-0.4, -0.2) is 15.4 Å². The Kier molecular flexibility index (Phi) is 4.28. The van der Waals surface area contributed by atoms with Gasteiger partial charge in [-0.2, -0.15) is 13.2 Å². The number of nitrogen functional groups attached to an aromatic ring is 1. The third-order valence-electron chi connectivity index (χ3n) is 6.27. The molecule has 2 N–H and O–H groups in total. The summed E-state index contributed by atoms with van der Waals surface area (Å²) in [7, 11) is 0. The molecule has 3 aliphatic carbocycles. The highest BCUT2D eigenvalue weighted by atomic mass is 19.4. The van der Waals surface area contributed by atoms with Crippen molar-refractivity contribution >= 4 is 11.4 Å². The molecule has 27 heavy (non-hydrogen) atoms. The van der Waals surface area contributed by atoms with Gasteiger partial charge >= 0.3 is 6.18 Å². The average Bonchev–Trinajstić information content (AvgIpc) is 2.46. The minimum atomic E-state index is -4.49. The summed E-state index contributed by atoms with van der Waals surface area (Å²) in [6, 6.07) is 1.16. The van der Waals surface area contributed by atoms with Gasteiger partial charge in [-0.1, -0.05) is 19.9 Å². The molecule has 1 aromatic heterocycles. The second-order valence-electron chi connectivity index (χ2n) is 8.56. The zero-order valence-electron chi connectivity index (χ0n) is 15.8. The topological polar surface area (TPSA) is 42.1 Å². The Morgan fingerprint density at radius 2 is 1.96 bits per heavy atom. The molecule has 0 spiro atoms. The summed E-state index contributed by atoms with van der Waals surface area (Å²) in [5.41, 5.74) is 7.56. The molecule has 0 radical (unpaired) electrons. The van der Waals surface area contributed by atoms with E-state index in [1.54, 1.807) is 0 Å². The van der Waals surface area contributed by atoms with Crippen LogP contribution in [0.5, 0.6) is 0 Å². The van der Waals surface area contributed by atoms with Crippen LogP contribution in [0.2, 0.25) is 0 Å². The van der Waals surface area contributed by atoms with Gasteiger partial charge in [0.05, 0.1) is 5.56 Å². The normalized spacial score (nSPS) is 31.8. The number of halogens is 3. The zero-order valence-corrected chi connectivity index (χ0v) is 15.8. The van der Waals surface area contributed by atoms with E-state index in [9.17, 15) is 13.2 Å². The lowest BCUT2D eigenvalue weighted by Crippen LogP contribution is -2.66. The maximum absolute atomic E-state index is 13.3. The van der Waals surface area contributed by atoms with Crippen molar-refractivity contribution in [2.75, 3.05) is 5.73 Å². The molecule has 3 saturated carbocycles. The third-order valence-corrected chi connectivity index (χ3v) is 6.27. The molecule has 4 aliphatic rings. The molecule has 0 saturated heterocycles. The molecule has 3 nitrogen and oxygen atoms in total. The number of nitrogens with two attached hydrogens (primary N) is 1. The molecular weight excluding hydrogens is 351 g/mol. The van der Waals surface area contributed by atoms with Crippen molar-refractivity contribution in [3.63, 3.8) is 0 Å². The molecule has 0 aromatic carbocycles. The van der Waals surface area contributed by atoms with E-state index in [2.05, 4.69) is 36.0 Å². The second-order valence-corrected chi connectivity index (χ2v) is 8.56. The van der Waals surface area contributed by atoms with Crippen molar-refractivity contribution in [3.8, 4) is 0 Å². The molecule has 0 unspecified atom stereocenters. The highest BCUT2D eigenvalue weighted by Crippen LogP contribution is 2.62. The van der Waals surface area contributed by atoms with Gasteiger partial charge in [-0.25, -0.2) is 4.98 Å². The molecule has 1 aliphatic heterocycles. The molecule has 2 bridgehead atoms. The Hall–Kier alpha value is -1.98. The van der Waals surface area contributed by atoms with Crippen LogP contribution in [0, 0.1) is 11.8 Å². The summed E-state index contributed by atoms with van der Waals surface area (Å²) in [4.78, 5) is 6.23. The van der Waals surface area contributed by atoms with E-state index >= 15 is 0 Å². The lowest BCUT2D eigenvalue weighted by atomic mass is 9.49. The predicted molar refractivity (Wildman–Crippen MR) is 100 cm³/mol. The summed E-state index contributed by atoms with van der Waals surface area (Å²) >= 11 is 0. The minimum absolute atomic E-state index is 0.178. The first-order valence-electron chi connectivity index (χ1n) is 9.73. The van der Waals surface area contributed by atoms with Gasteiger partial charge in [-0.15, -0.1) is 0 Å². The third kappa shape index (κ3) is 3.13. The van der Waals surface area contributed by atoms with E-state index in [-0.39, 0.29) is 5.54 Å². The Morgan fingerprint density at radius 1 is 1.26 bits per heavy atom. The molecule has 2 heterocycles. The van der Waals surface area contributed by atoms with Crippen molar-refractivity contribution in [1.82, 2.24) is 9.88 Å². The van der Waals surface area contributed by atoms with Gasteiger partial charge in [0.15, 0.2) is 0 Å². The summed E-state index contributed by atoms with van der Waals surface area (Å²) in [5, 5.41) is 0. The Balaban J connectivity index is 1.76. The lowest BCUT2D eigenvalue weighted by molar-refractivity contribution is -0.137. The molecule has 3 fully saturated rings. The fourth-order valence-electron chi connectivity index (χ4n) is 4.68. The molecule has 146 valence electrons. The molecule has 0 amide bonds. The molecular formula is C21H26F3N3. The summed E-state index contributed by atoms with van der Waals surface area (Å²) in [6.07, 6.45) is 7.57. The summed E-state index contributed by atoms with van der Waals surface area (Å²) in [6.45, 7) is 4.37. The second kappa shape index (κ2) is 6.28. The van der Waals surface area contributed by atoms with Crippen LogP contribution in [-0.2, 0) is 6.18 Å². The zero-order chi connectivity index (χ0) is 19.4. The lowest BCUT2D eigenvalue weighted by Gasteiger charge is -2.67. The predicted octanol–water partition coefficient (Wildman–Crippen LogP) is 5.60. The van der Waals surface area contributed by atoms with Crippen LogP contribution in [0.4, 0.5) is 19.0 Å². The average molecular weight is 377 g/mol. The SMILES string of the molecule is CC(C)/C1=C/CCC/C(c2cnc(N)c(C(F)(F)F)c2)=C\N1C12CC(C1)C2. The van der Waals surface area contributed by atoms with Gasteiger partial charge in [0.2, 0.25) is 0 Å². The van der Waals surface area contributed by atoms with Crippen LogP contribution in [0.1, 0.15) is 63.5 Å². The van der Waals surface area contributed by atoms with E-state index in [1.807, 2.05) is 0 Å². The van der Waals surface area contributed by atoms with Crippen LogP contribution >= 0.6 is 0 Å². The van der Waals surface area contributed by atoms with Gasteiger partial charge in [0, 0.05) is 23.6 Å².